The molecule has 138 valence electrons. The Kier molecular flexibility index (Phi) is 4.94. The monoisotopic (exact) mass is 380 g/mol. The van der Waals surface area contributed by atoms with E-state index in [1.807, 2.05) is 37.3 Å². The Hall–Kier alpha value is -2.66. The Labute approximate surface area is 163 Å². The molecule has 0 bridgehead atoms. The van der Waals surface area contributed by atoms with Gasteiger partial charge in [-0.05, 0) is 43.7 Å². The highest BCUT2D eigenvalue weighted by Crippen LogP contribution is 2.29. The summed E-state index contributed by atoms with van der Waals surface area (Å²) in [4.78, 5) is 4.85. The average Bonchev–Trinajstić information content (AvgIpc) is 2.95. The van der Waals surface area contributed by atoms with Gasteiger partial charge in [-0.25, -0.2) is 0 Å². The highest BCUT2D eigenvalue weighted by Gasteiger charge is 2.22. The fourth-order valence-corrected chi connectivity index (χ4v) is 3.36. The van der Waals surface area contributed by atoms with Crippen molar-refractivity contribution in [1.29, 1.82) is 0 Å². The van der Waals surface area contributed by atoms with Gasteiger partial charge in [-0.2, -0.15) is 0 Å². The summed E-state index contributed by atoms with van der Waals surface area (Å²) in [5.41, 5.74) is 3.95. The number of fused-ring (bicyclic) bond motifs is 3. The second-order valence-corrected chi connectivity index (χ2v) is 6.99. The SMILES string of the molecule is CCCCOc1ccc2c(c1)C(c1ccc(Cl)cc1)=NCc1nnc(C)n1-2. The molecule has 0 fully saturated rings. The second-order valence-electron chi connectivity index (χ2n) is 6.55. The Morgan fingerprint density at radius 3 is 2.70 bits per heavy atom. The number of aryl methyl sites for hydroxylation is 1. The number of hydrogen-bond acceptors (Lipinski definition) is 4. The zero-order chi connectivity index (χ0) is 18.8. The molecule has 0 saturated heterocycles. The molecule has 0 spiro atoms. The van der Waals surface area contributed by atoms with E-state index >= 15 is 0 Å². The average molecular weight is 381 g/mol. The third-order valence-electron chi connectivity index (χ3n) is 4.62. The molecule has 2 heterocycles. The molecule has 5 nitrogen and oxygen atoms in total. The molecule has 1 aliphatic rings. The van der Waals surface area contributed by atoms with Crippen molar-refractivity contribution in [1.82, 2.24) is 14.8 Å². The third kappa shape index (κ3) is 3.47. The van der Waals surface area contributed by atoms with Crippen molar-refractivity contribution < 1.29 is 4.74 Å². The Morgan fingerprint density at radius 2 is 1.93 bits per heavy atom. The summed E-state index contributed by atoms with van der Waals surface area (Å²) in [6.45, 7) is 5.29. The first kappa shape index (κ1) is 17.7. The second kappa shape index (κ2) is 7.53. The summed E-state index contributed by atoms with van der Waals surface area (Å²) in [6, 6.07) is 13.9. The van der Waals surface area contributed by atoms with Crippen molar-refractivity contribution in [2.45, 2.75) is 33.2 Å². The largest absolute Gasteiger partial charge is 0.494 e. The minimum Gasteiger partial charge on any atom is -0.494 e. The van der Waals surface area contributed by atoms with Gasteiger partial charge < -0.3 is 4.74 Å². The van der Waals surface area contributed by atoms with Crippen LogP contribution in [0.3, 0.4) is 0 Å². The van der Waals surface area contributed by atoms with Crippen LogP contribution < -0.4 is 4.74 Å². The zero-order valence-corrected chi connectivity index (χ0v) is 16.2. The summed E-state index contributed by atoms with van der Waals surface area (Å²) in [5, 5.41) is 9.23. The molecule has 0 saturated carbocycles. The normalized spacial score (nSPS) is 12.8. The fourth-order valence-electron chi connectivity index (χ4n) is 3.24. The predicted molar refractivity (Wildman–Crippen MR) is 107 cm³/mol. The lowest BCUT2D eigenvalue weighted by Crippen LogP contribution is -2.09. The summed E-state index contributed by atoms with van der Waals surface area (Å²) in [7, 11) is 0. The first-order valence-electron chi connectivity index (χ1n) is 9.16. The number of unbranched alkanes of at least 4 members (excludes halogenated alkanes) is 1. The molecule has 27 heavy (non-hydrogen) atoms. The molecule has 0 aliphatic carbocycles. The molecule has 0 atom stereocenters. The summed E-state index contributed by atoms with van der Waals surface area (Å²) in [5.74, 6) is 2.52. The number of nitrogens with zero attached hydrogens (tertiary/aromatic N) is 4. The molecule has 2 aromatic carbocycles. The van der Waals surface area contributed by atoms with Crippen LogP contribution in [0.25, 0.3) is 5.69 Å². The molecule has 4 rings (SSSR count). The number of hydrogen-bond donors (Lipinski definition) is 0. The highest BCUT2D eigenvalue weighted by molar-refractivity contribution is 6.30. The van der Waals surface area contributed by atoms with Gasteiger partial charge in [0.1, 0.15) is 18.1 Å². The van der Waals surface area contributed by atoms with Crippen LogP contribution >= 0.6 is 11.6 Å². The number of benzene rings is 2. The van der Waals surface area contributed by atoms with Gasteiger partial charge >= 0.3 is 0 Å². The summed E-state index contributed by atoms with van der Waals surface area (Å²) >= 11 is 6.07. The van der Waals surface area contributed by atoms with Crippen LogP contribution in [-0.2, 0) is 6.54 Å². The van der Waals surface area contributed by atoms with Crippen LogP contribution in [0.15, 0.2) is 47.5 Å². The minimum atomic E-state index is 0.472. The first-order valence-corrected chi connectivity index (χ1v) is 9.54. The van der Waals surface area contributed by atoms with E-state index in [1.54, 1.807) is 0 Å². The number of aliphatic imine (C=N–C) groups is 1. The van der Waals surface area contributed by atoms with Gasteiger partial charge in [-0.15, -0.1) is 10.2 Å². The van der Waals surface area contributed by atoms with E-state index < -0.39 is 0 Å². The van der Waals surface area contributed by atoms with Crippen LogP contribution in [0.5, 0.6) is 5.75 Å². The number of halogens is 1. The summed E-state index contributed by atoms with van der Waals surface area (Å²) in [6.07, 6.45) is 2.13. The highest BCUT2D eigenvalue weighted by atomic mass is 35.5. The van der Waals surface area contributed by atoms with Crippen LogP contribution in [-0.4, -0.2) is 27.1 Å². The third-order valence-corrected chi connectivity index (χ3v) is 4.87. The molecule has 3 aromatic rings. The van der Waals surface area contributed by atoms with Crippen molar-refractivity contribution >= 4 is 17.3 Å². The van der Waals surface area contributed by atoms with Crippen molar-refractivity contribution in [3.05, 3.63) is 70.3 Å². The maximum atomic E-state index is 6.07. The minimum absolute atomic E-state index is 0.472. The van der Waals surface area contributed by atoms with E-state index in [-0.39, 0.29) is 0 Å². The van der Waals surface area contributed by atoms with Crippen molar-refractivity contribution in [3.8, 4) is 11.4 Å². The van der Waals surface area contributed by atoms with Gasteiger partial charge in [0.05, 0.1) is 18.0 Å². The van der Waals surface area contributed by atoms with Gasteiger partial charge in [0.15, 0.2) is 5.82 Å². The van der Waals surface area contributed by atoms with E-state index in [1.165, 1.54) is 0 Å². The molecule has 1 aromatic heterocycles. The molecular formula is C21H21ClN4O. The number of aromatic nitrogens is 3. The van der Waals surface area contributed by atoms with Crippen LogP contribution in [0, 0.1) is 6.92 Å². The topological polar surface area (TPSA) is 52.3 Å². The molecule has 1 aliphatic heterocycles. The molecule has 0 N–H and O–H groups in total. The molecular weight excluding hydrogens is 360 g/mol. The molecule has 0 unspecified atom stereocenters. The van der Waals surface area contributed by atoms with E-state index in [0.717, 1.165) is 52.8 Å². The van der Waals surface area contributed by atoms with E-state index in [0.29, 0.717) is 18.2 Å². The Balaban J connectivity index is 1.84. The van der Waals surface area contributed by atoms with Gasteiger partial charge in [-0.1, -0.05) is 37.1 Å². The van der Waals surface area contributed by atoms with Crippen molar-refractivity contribution in [2.75, 3.05) is 6.61 Å². The van der Waals surface area contributed by atoms with Crippen molar-refractivity contribution in [2.24, 2.45) is 4.99 Å². The number of ether oxygens (including phenoxy) is 1. The van der Waals surface area contributed by atoms with Gasteiger partial charge in [0, 0.05) is 16.1 Å². The standard InChI is InChI=1S/C21H21ClN4O/c1-3-4-11-27-17-9-10-19-18(12-17)21(15-5-7-16(22)8-6-15)23-13-20-25-24-14(2)26(19)20/h5-10,12H,3-4,11,13H2,1-2H3. The maximum Gasteiger partial charge on any atom is 0.159 e. The smallest absolute Gasteiger partial charge is 0.159 e. The van der Waals surface area contributed by atoms with Crippen molar-refractivity contribution in [3.63, 3.8) is 0 Å². The molecule has 0 radical (unpaired) electrons. The van der Waals surface area contributed by atoms with Gasteiger partial charge in [0.2, 0.25) is 0 Å². The van der Waals surface area contributed by atoms with Gasteiger partial charge in [-0.3, -0.25) is 9.56 Å². The van der Waals surface area contributed by atoms with E-state index in [2.05, 4.69) is 33.8 Å². The zero-order valence-electron chi connectivity index (χ0n) is 15.4. The molecule has 0 amide bonds. The Morgan fingerprint density at radius 1 is 1.11 bits per heavy atom. The number of rotatable bonds is 5. The van der Waals surface area contributed by atoms with E-state index in [9.17, 15) is 0 Å². The lowest BCUT2D eigenvalue weighted by atomic mass is 10.00. The fraction of sp³-hybridized carbons (Fsp3) is 0.286. The predicted octanol–water partition coefficient (Wildman–Crippen LogP) is 4.76. The Bertz CT molecular complexity index is 992. The maximum absolute atomic E-state index is 6.07. The summed E-state index contributed by atoms with van der Waals surface area (Å²) < 4.78 is 8.01. The van der Waals surface area contributed by atoms with Crippen LogP contribution in [0.2, 0.25) is 5.02 Å². The quantitative estimate of drug-likeness (QED) is 0.599. The lowest BCUT2D eigenvalue weighted by Gasteiger charge is -2.15. The van der Waals surface area contributed by atoms with E-state index in [4.69, 9.17) is 21.3 Å². The first-order chi connectivity index (χ1) is 13.2. The van der Waals surface area contributed by atoms with Crippen LogP contribution in [0.4, 0.5) is 0 Å². The van der Waals surface area contributed by atoms with Crippen LogP contribution in [0.1, 0.15) is 42.5 Å². The lowest BCUT2D eigenvalue weighted by molar-refractivity contribution is 0.309. The van der Waals surface area contributed by atoms with Gasteiger partial charge in [0.25, 0.3) is 0 Å². The molecule has 6 heteroatoms.